The quantitative estimate of drug-likeness (QED) is 0.767. The van der Waals surface area contributed by atoms with E-state index in [1.54, 1.807) is 24.3 Å². The molecule has 3 rings (SSSR count). The SMILES string of the molecule is O=C(O)c1ccc(F)c(Cn2c(=O)[nH]c(=O)c3ccccc32)c1. The van der Waals surface area contributed by atoms with Crippen LogP contribution >= 0.6 is 0 Å². The van der Waals surface area contributed by atoms with Gasteiger partial charge in [0.2, 0.25) is 0 Å². The number of nitrogens with one attached hydrogen (secondary N) is 1. The molecule has 7 heteroatoms. The third-order valence-electron chi connectivity index (χ3n) is 3.53. The number of aromatic carboxylic acids is 1. The Morgan fingerprint density at radius 1 is 1.17 bits per heavy atom. The number of carboxylic acids is 1. The Hall–Kier alpha value is -3.22. The molecule has 0 unspecified atom stereocenters. The van der Waals surface area contributed by atoms with Crippen molar-refractivity contribution in [3.05, 3.63) is 80.2 Å². The molecule has 116 valence electrons. The normalized spacial score (nSPS) is 10.8. The van der Waals surface area contributed by atoms with Gasteiger partial charge in [-0.1, -0.05) is 12.1 Å². The summed E-state index contributed by atoms with van der Waals surface area (Å²) < 4.78 is 15.1. The maximum atomic E-state index is 13.9. The Labute approximate surface area is 128 Å². The van der Waals surface area contributed by atoms with Crippen LogP contribution in [0.2, 0.25) is 0 Å². The second-order valence-electron chi connectivity index (χ2n) is 4.97. The number of carboxylic acid groups (broad SMARTS) is 1. The van der Waals surface area contributed by atoms with E-state index in [1.165, 1.54) is 10.6 Å². The average Bonchev–Trinajstić information content (AvgIpc) is 2.52. The summed E-state index contributed by atoms with van der Waals surface area (Å²) in [6.45, 7) is -0.191. The van der Waals surface area contributed by atoms with Crippen molar-refractivity contribution in [2.24, 2.45) is 0 Å². The van der Waals surface area contributed by atoms with Crippen molar-refractivity contribution in [1.29, 1.82) is 0 Å². The van der Waals surface area contributed by atoms with Crippen LogP contribution < -0.4 is 11.2 Å². The van der Waals surface area contributed by atoms with Crippen molar-refractivity contribution < 1.29 is 14.3 Å². The Kier molecular flexibility index (Phi) is 3.53. The maximum absolute atomic E-state index is 13.9. The van der Waals surface area contributed by atoms with E-state index in [0.29, 0.717) is 10.9 Å². The molecule has 0 atom stereocenters. The van der Waals surface area contributed by atoms with E-state index >= 15 is 0 Å². The van der Waals surface area contributed by atoms with Gasteiger partial charge in [-0.2, -0.15) is 0 Å². The zero-order valence-corrected chi connectivity index (χ0v) is 11.7. The molecule has 0 saturated carbocycles. The summed E-state index contributed by atoms with van der Waals surface area (Å²) in [5.74, 6) is -1.82. The minimum atomic E-state index is -1.19. The number of aromatic amines is 1. The molecule has 0 fully saturated rings. The number of aromatic nitrogens is 2. The molecular formula is C16H11FN2O4. The first-order valence-electron chi connectivity index (χ1n) is 6.71. The largest absolute Gasteiger partial charge is 0.478 e. The van der Waals surface area contributed by atoms with E-state index in [0.717, 1.165) is 12.1 Å². The fourth-order valence-electron chi connectivity index (χ4n) is 2.40. The summed E-state index contributed by atoms with van der Waals surface area (Å²) in [6.07, 6.45) is 0. The topological polar surface area (TPSA) is 92.2 Å². The molecule has 0 spiro atoms. The minimum absolute atomic E-state index is 0.0456. The molecule has 0 aliphatic heterocycles. The third-order valence-corrected chi connectivity index (χ3v) is 3.53. The van der Waals surface area contributed by atoms with Crippen molar-refractivity contribution >= 4 is 16.9 Å². The highest BCUT2D eigenvalue weighted by molar-refractivity contribution is 5.87. The van der Waals surface area contributed by atoms with Crippen LogP contribution in [0.1, 0.15) is 15.9 Å². The van der Waals surface area contributed by atoms with Gasteiger partial charge < -0.3 is 5.11 Å². The molecule has 0 aliphatic carbocycles. The zero-order chi connectivity index (χ0) is 16.6. The number of benzene rings is 2. The number of carbonyl (C=O) groups is 1. The Morgan fingerprint density at radius 3 is 2.65 bits per heavy atom. The molecule has 1 heterocycles. The first kappa shape index (κ1) is 14.7. The van der Waals surface area contributed by atoms with Crippen molar-refractivity contribution in [2.45, 2.75) is 6.54 Å². The van der Waals surface area contributed by atoms with Gasteiger partial charge in [0.05, 0.1) is 23.0 Å². The number of para-hydroxylation sites is 1. The molecule has 1 aromatic heterocycles. The Bertz CT molecular complexity index is 1040. The van der Waals surface area contributed by atoms with Crippen LogP contribution in [0.25, 0.3) is 10.9 Å². The lowest BCUT2D eigenvalue weighted by Crippen LogP contribution is -2.30. The maximum Gasteiger partial charge on any atom is 0.335 e. The summed E-state index contributed by atoms with van der Waals surface area (Å²) in [5, 5.41) is 9.28. The van der Waals surface area contributed by atoms with Gasteiger partial charge in [0.25, 0.3) is 5.56 Å². The molecule has 23 heavy (non-hydrogen) atoms. The van der Waals surface area contributed by atoms with E-state index in [1.807, 2.05) is 0 Å². The van der Waals surface area contributed by atoms with E-state index < -0.39 is 23.0 Å². The lowest BCUT2D eigenvalue weighted by Gasteiger charge is -2.10. The van der Waals surface area contributed by atoms with Gasteiger partial charge in [-0.15, -0.1) is 0 Å². The number of hydrogen-bond donors (Lipinski definition) is 2. The average molecular weight is 314 g/mol. The molecule has 0 radical (unpaired) electrons. The van der Waals surface area contributed by atoms with Gasteiger partial charge in [-0.05, 0) is 30.3 Å². The Morgan fingerprint density at radius 2 is 1.91 bits per heavy atom. The van der Waals surface area contributed by atoms with E-state index in [9.17, 15) is 18.8 Å². The third kappa shape index (κ3) is 2.64. The number of rotatable bonds is 3. The molecule has 0 bridgehead atoms. The van der Waals surface area contributed by atoms with Crippen molar-refractivity contribution in [3.63, 3.8) is 0 Å². The van der Waals surface area contributed by atoms with Crippen molar-refractivity contribution in [2.75, 3.05) is 0 Å². The van der Waals surface area contributed by atoms with Crippen molar-refractivity contribution in [3.8, 4) is 0 Å². The fraction of sp³-hybridized carbons (Fsp3) is 0.0625. The van der Waals surface area contributed by atoms with Crippen LogP contribution in [0.3, 0.4) is 0 Å². The first-order chi connectivity index (χ1) is 11.0. The summed E-state index contributed by atoms with van der Waals surface area (Å²) in [6, 6.07) is 9.79. The number of nitrogens with zero attached hydrogens (tertiary/aromatic N) is 1. The van der Waals surface area contributed by atoms with Gasteiger partial charge in [0.1, 0.15) is 5.82 Å². The number of H-pyrrole nitrogens is 1. The highest BCUT2D eigenvalue weighted by Crippen LogP contribution is 2.14. The summed E-state index contributed by atoms with van der Waals surface area (Å²) in [4.78, 5) is 37.0. The lowest BCUT2D eigenvalue weighted by molar-refractivity contribution is 0.0696. The number of hydrogen-bond acceptors (Lipinski definition) is 3. The molecule has 2 N–H and O–H groups in total. The van der Waals surface area contributed by atoms with Crippen LogP contribution in [-0.2, 0) is 6.54 Å². The highest BCUT2D eigenvalue weighted by atomic mass is 19.1. The summed E-state index contributed by atoms with van der Waals surface area (Å²) in [5.41, 5.74) is -0.899. The predicted octanol–water partition coefficient (Wildman–Crippen LogP) is 1.58. The van der Waals surface area contributed by atoms with Crippen LogP contribution in [0.5, 0.6) is 0 Å². The smallest absolute Gasteiger partial charge is 0.335 e. The van der Waals surface area contributed by atoms with Crippen molar-refractivity contribution in [1.82, 2.24) is 9.55 Å². The van der Waals surface area contributed by atoms with E-state index in [2.05, 4.69) is 4.98 Å². The van der Waals surface area contributed by atoms with Crippen LogP contribution in [-0.4, -0.2) is 20.6 Å². The first-order valence-corrected chi connectivity index (χ1v) is 6.71. The minimum Gasteiger partial charge on any atom is -0.478 e. The van der Waals surface area contributed by atoms with Gasteiger partial charge >= 0.3 is 11.7 Å². The van der Waals surface area contributed by atoms with Crippen LogP contribution in [0.4, 0.5) is 4.39 Å². The van der Waals surface area contributed by atoms with Gasteiger partial charge in [0.15, 0.2) is 0 Å². The molecular weight excluding hydrogens is 303 g/mol. The molecule has 0 amide bonds. The van der Waals surface area contributed by atoms with Crippen LogP contribution in [0.15, 0.2) is 52.1 Å². The fourth-order valence-corrected chi connectivity index (χ4v) is 2.40. The standard InChI is InChI=1S/C16H11FN2O4/c17-12-6-5-9(15(21)22)7-10(12)8-19-13-4-2-1-3-11(13)14(20)18-16(19)23/h1-7H,8H2,(H,21,22)(H,18,20,23). The monoisotopic (exact) mass is 314 g/mol. The zero-order valence-electron chi connectivity index (χ0n) is 11.7. The van der Waals surface area contributed by atoms with E-state index in [4.69, 9.17) is 5.11 Å². The van der Waals surface area contributed by atoms with E-state index in [-0.39, 0.29) is 17.7 Å². The molecule has 0 aliphatic rings. The second-order valence-corrected chi connectivity index (χ2v) is 4.97. The lowest BCUT2D eigenvalue weighted by atomic mass is 10.1. The van der Waals surface area contributed by atoms with Gasteiger partial charge in [-0.25, -0.2) is 14.0 Å². The number of fused-ring (bicyclic) bond motifs is 1. The molecule has 0 saturated heterocycles. The van der Waals surface area contributed by atoms with Gasteiger partial charge in [-0.3, -0.25) is 14.3 Å². The predicted molar refractivity (Wildman–Crippen MR) is 81.3 cm³/mol. The molecule has 6 nitrogen and oxygen atoms in total. The van der Waals surface area contributed by atoms with Gasteiger partial charge in [0, 0.05) is 5.56 Å². The second kappa shape index (κ2) is 5.53. The van der Waals surface area contributed by atoms with Crippen LogP contribution in [0, 0.1) is 5.82 Å². The highest BCUT2D eigenvalue weighted by Gasteiger charge is 2.12. The molecule has 2 aromatic carbocycles. The number of halogens is 1. The summed E-state index contributed by atoms with van der Waals surface area (Å²) >= 11 is 0. The Balaban J connectivity index is 2.20. The molecule has 3 aromatic rings. The summed E-state index contributed by atoms with van der Waals surface area (Å²) in [7, 11) is 0.